The average Bonchev–Trinajstić information content (AvgIpc) is 2.66. The van der Waals surface area contributed by atoms with Gasteiger partial charge in [0.15, 0.2) is 0 Å². The van der Waals surface area contributed by atoms with E-state index in [1.807, 2.05) is 62.4 Å². The number of allylic oxidation sites excluding steroid dienone is 1. The van der Waals surface area contributed by atoms with Crippen molar-refractivity contribution in [3.63, 3.8) is 0 Å². The van der Waals surface area contributed by atoms with Gasteiger partial charge in [0.25, 0.3) is 0 Å². The van der Waals surface area contributed by atoms with E-state index in [4.69, 9.17) is 0 Å². The van der Waals surface area contributed by atoms with Crippen molar-refractivity contribution in [2.75, 3.05) is 0 Å². The standard InChI is InChI=1S/C20H14N2/c1-13-3-5-15-7-8-16-6-4-14(2)10-19(16)20(18(15)9-13)17(11-21)12-22/h3-10H,1-2H3. The maximum Gasteiger partial charge on any atom is 0.138 e. The molecule has 0 heterocycles. The van der Waals surface area contributed by atoms with Gasteiger partial charge in [0.05, 0.1) is 0 Å². The zero-order chi connectivity index (χ0) is 15.7. The molecule has 2 aromatic rings. The number of rotatable bonds is 0. The van der Waals surface area contributed by atoms with E-state index in [0.29, 0.717) is 0 Å². The highest BCUT2D eigenvalue weighted by Gasteiger charge is 2.19. The highest BCUT2D eigenvalue weighted by molar-refractivity contribution is 5.97. The van der Waals surface area contributed by atoms with Crippen molar-refractivity contribution in [3.8, 4) is 12.1 Å². The molecule has 0 atom stereocenters. The van der Waals surface area contributed by atoms with E-state index in [1.54, 1.807) is 0 Å². The van der Waals surface area contributed by atoms with Crippen LogP contribution in [0, 0.1) is 36.5 Å². The molecule has 0 saturated heterocycles. The normalized spacial score (nSPS) is 11.7. The molecule has 0 fully saturated rings. The van der Waals surface area contributed by atoms with Crippen molar-refractivity contribution in [3.05, 3.63) is 75.4 Å². The molecule has 0 aromatic heterocycles. The monoisotopic (exact) mass is 282 g/mol. The van der Waals surface area contributed by atoms with Gasteiger partial charge in [-0.05, 0) is 36.1 Å². The molecule has 2 nitrogen and oxygen atoms in total. The van der Waals surface area contributed by atoms with Gasteiger partial charge < -0.3 is 0 Å². The predicted octanol–water partition coefficient (Wildman–Crippen LogP) is 4.64. The maximum atomic E-state index is 9.41. The summed E-state index contributed by atoms with van der Waals surface area (Å²) in [5.74, 6) is 0. The quantitative estimate of drug-likeness (QED) is 0.564. The van der Waals surface area contributed by atoms with Crippen molar-refractivity contribution in [1.82, 2.24) is 0 Å². The van der Waals surface area contributed by atoms with Gasteiger partial charge in [0.2, 0.25) is 0 Å². The Morgan fingerprint density at radius 1 is 0.773 bits per heavy atom. The molecule has 104 valence electrons. The number of hydrogen-bond acceptors (Lipinski definition) is 2. The lowest BCUT2D eigenvalue weighted by Crippen LogP contribution is -1.97. The van der Waals surface area contributed by atoms with E-state index in [2.05, 4.69) is 12.1 Å². The van der Waals surface area contributed by atoms with Gasteiger partial charge in [-0.3, -0.25) is 0 Å². The van der Waals surface area contributed by atoms with Gasteiger partial charge >= 0.3 is 0 Å². The molecule has 0 N–H and O–H groups in total. The minimum Gasteiger partial charge on any atom is -0.192 e. The largest absolute Gasteiger partial charge is 0.192 e. The first-order valence-corrected chi connectivity index (χ1v) is 7.08. The summed E-state index contributed by atoms with van der Waals surface area (Å²) in [7, 11) is 0. The highest BCUT2D eigenvalue weighted by atomic mass is 14.3. The fourth-order valence-corrected chi connectivity index (χ4v) is 2.79. The Bertz CT molecular complexity index is 842. The summed E-state index contributed by atoms with van der Waals surface area (Å²) in [4.78, 5) is 0. The second-order valence-corrected chi connectivity index (χ2v) is 5.49. The minimum atomic E-state index is 0.155. The van der Waals surface area contributed by atoms with Crippen molar-refractivity contribution in [2.24, 2.45) is 0 Å². The molecule has 0 spiro atoms. The molecule has 1 aliphatic carbocycles. The predicted molar refractivity (Wildman–Crippen MR) is 88.5 cm³/mol. The van der Waals surface area contributed by atoms with Crippen LogP contribution >= 0.6 is 0 Å². The molecule has 22 heavy (non-hydrogen) atoms. The van der Waals surface area contributed by atoms with Gasteiger partial charge in [-0.1, -0.05) is 59.7 Å². The molecule has 0 amide bonds. The molecule has 2 aromatic carbocycles. The Balaban J connectivity index is 2.47. The summed E-state index contributed by atoms with van der Waals surface area (Å²) in [6.45, 7) is 4.03. The van der Waals surface area contributed by atoms with Crippen molar-refractivity contribution in [1.29, 1.82) is 10.5 Å². The maximum absolute atomic E-state index is 9.41. The highest BCUT2D eigenvalue weighted by Crippen LogP contribution is 2.36. The van der Waals surface area contributed by atoms with Crippen LogP contribution in [0.25, 0.3) is 17.7 Å². The van der Waals surface area contributed by atoms with Gasteiger partial charge in [-0.15, -0.1) is 0 Å². The minimum absolute atomic E-state index is 0.155. The van der Waals surface area contributed by atoms with E-state index < -0.39 is 0 Å². The SMILES string of the molecule is Cc1ccc2c(c1)C(=C(C#N)C#N)c1cc(C)ccc1C=C2. The molecule has 1 aliphatic rings. The van der Waals surface area contributed by atoms with Gasteiger partial charge in [-0.2, -0.15) is 10.5 Å². The molecular weight excluding hydrogens is 268 g/mol. The van der Waals surface area contributed by atoms with Crippen molar-refractivity contribution >= 4 is 17.7 Å². The number of nitriles is 2. The first-order valence-electron chi connectivity index (χ1n) is 7.08. The fraction of sp³-hybridized carbons (Fsp3) is 0.100. The Labute approximate surface area is 130 Å². The first kappa shape index (κ1) is 13.9. The second kappa shape index (κ2) is 5.35. The third-order valence-corrected chi connectivity index (χ3v) is 3.87. The van der Waals surface area contributed by atoms with Gasteiger partial charge in [-0.25, -0.2) is 0 Å². The molecule has 0 radical (unpaired) electrons. The third-order valence-electron chi connectivity index (χ3n) is 3.87. The third kappa shape index (κ3) is 2.22. The lowest BCUT2D eigenvalue weighted by molar-refractivity contribution is 1.39. The number of aryl methyl sites for hydroxylation is 2. The summed E-state index contributed by atoms with van der Waals surface area (Å²) >= 11 is 0. The molecule has 0 saturated carbocycles. The Morgan fingerprint density at radius 3 is 1.64 bits per heavy atom. The fourth-order valence-electron chi connectivity index (χ4n) is 2.79. The summed E-state index contributed by atoms with van der Waals surface area (Å²) in [6.07, 6.45) is 4.09. The first-order chi connectivity index (χ1) is 10.6. The van der Waals surface area contributed by atoms with Crippen LogP contribution < -0.4 is 0 Å². The molecule has 0 bridgehead atoms. The van der Waals surface area contributed by atoms with E-state index in [-0.39, 0.29) is 5.57 Å². The number of fused-ring (bicyclic) bond motifs is 2. The Hall–Kier alpha value is -3.10. The summed E-state index contributed by atoms with van der Waals surface area (Å²) in [6, 6.07) is 16.4. The molecule has 3 rings (SSSR count). The number of hydrogen-bond donors (Lipinski definition) is 0. The average molecular weight is 282 g/mol. The van der Waals surface area contributed by atoms with Gasteiger partial charge in [0.1, 0.15) is 17.7 Å². The summed E-state index contributed by atoms with van der Waals surface area (Å²) in [5.41, 5.74) is 7.04. The van der Waals surface area contributed by atoms with Crippen LogP contribution in [0.15, 0.2) is 42.0 Å². The van der Waals surface area contributed by atoms with E-state index in [1.165, 1.54) is 0 Å². The molecular formula is C20H14N2. The van der Waals surface area contributed by atoms with Crippen molar-refractivity contribution in [2.45, 2.75) is 13.8 Å². The van der Waals surface area contributed by atoms with E-state index >= 15 is 0 Å². The lowest BCUT2D eigenvalue weighted by atomic mass is 9.88. The topological polar surface area (TPSA) is 47.6 Å². The van der Waals surface area contributed by atoms with Crippen LogP contribution in [-0.4, -0.2) is 0 Å². The summed E-state index contributed by atoms with van der Waals surface area (Å²) < 4.78 is 0. The van der Waals surface area contributed by atoms with Crippen LogP contribution in [0.5, 0.6) is 0 Å². The zero-order valence-corrected chi connectivity index (χ0v) is 12.5. The number of benzene rings is 2. The van der Waals surface area contributed by atoms with Crippen LogP contribution in [0.3, 0.4) is 0 Å². The van der Waals surface area contributed by atoms with Crippen LogP contribution in [0.1, 0.15) is 33.4 Å². The zero-order valence-electron chi connectivity index (χ0n) is 12.5. The van der Waals surface area contributed by atoms with Crippen LogP contribution in [-0.2, 0) is 0 Å². The lowest BCUT2D eigenvalue weighted by Gasteiger charge is -2.13. The smallest absolute Gasteiger partial charge is 0.138 e. The Morgan fingerprint density at radius 2 is 1.23 bits per heavy atom. The molecule has 0 unspecified atom stereocenters. The van der Waals surface area contributed by atoms with Crippen LogP contribution in [0.4, 0.5) is 0 Å². The van der Waals surface area contributed by atoms with Crippen molar-refractivity contribution < 1.29 is 0 Å². The van der Waals surface area contributed by atoms with E-state index in [9.17, 15) is 10.5 Å². The summed E-state index contributed by atoms with van der Waals surface area (Å²) in [5, 5.41) is 18.8. The van der Waals surface area contributed by atoms with E-state index in [0.717, 1.165) is 39.0 Å². The van der Waals surface area contributed by atoms with Gasteiger partial charge in [0, 0.05) is 5.57 Å². The molecule has 2 heteroatoms. The molecule has 0 aliphatic heterocycles. The van der Waals surface area contributed by atoms with Crippen LogP contribution in [0.2, 0.25) is 0 Å². The Kier molecular flexibility index (Phi) is 3.37. The second-order valence-electron chi connectivity index (χ2n) is 5.49. The number of nitrogens with zero attached hydrogens (tertiary/aromatic N) is 2.